The predicted octanol–water partition coefficient (Wildman–Crippen LogP) is 2.13. The summed E-state index contributed by atoms with van der Waals surface area (Å²) in [5.41, 5.74) is -0.0717. The number of hydrogen-bond acceptors (Lipinski definition) is 4. The Kier molecular flexibility index (Phi) is 3.32. The molecular weight excluding hydrogens is 228 g/mol. The molecule has 5 nitrogen and oxygen atoms in total. The number of nitrogens with zero attached hydrogens (tertiary/aromatic N) is 1. The molecule has 1 aromatic heterocycles. The van der Waals surface area contributed by atoms with E-state index in [9.17, 15) is 9.59 Å². The van der Waals surface area contributed by atoms with Crippen molar-refractivity contribution in [2.75, 3.05) is 5.32 Å². The first-order chi connectivity index (χ1) is 7.23. The molecule has 0 aliphatic heterocycles. The predicted molar refractivity (Wildman–Crippen MR) is 61.9 cm³/mol. The van der Waals surface area contributed by atoms with Crippen molar-refractivity contribution in [3.8, 4) is 0 Å². The number of aromatic carboxylic acids is 1. The zero-order valence-corrected chi connectivity index (χ0v) is 10.4. The lowest BCUT2D eigenvalue weighted by Crippen LogP contribution is -2.27. The van der Waals surface area contributed by atoms with Crippen molar-refractivity contribution < 1.29 is 14.7 Å². The summed E-state index contributed by atoms with van der Waals surface area (Å²) >= 11 is 0.986. The lowest BCUT2D eigenvalue weighted by molar-refractivity contribution is -0.123. The molecule has 0 aliphatic carbocycles. The molecule has 0 aromatic carbocycles. The van der Waals surface area contributed by atoms with Crippen LogP contribution in [0.15, 0.2) is 0 Å². The van der Waals surface area contributed by atoms with E-state index in [1.165, 1.54) is 0 Å². The fourth-order valence-electron chi connectivity index (χ4n) is 0.998. The SMILES string of the molecule is Cc1nsc(NC(=O)C(C)(C)C)c1C(=O)O. The third-order valence-corrected chi connectivity index (χ3v) is 2.84. The topological polar surface area (TPSA) is 79.3 Å². The zero-order chi connectivity index (χ0) is 12.5. The van der Waals surface area contributed by atoms with Crippen LogP contribution in [-0.4, -0.2) is 21.4 Å². The molecule has 1 rings (SSSR count). The van der Waals surface area contributed by atoms with Crippen molar-refractivity contribution in [2.45, 2.75) is 27.7 Å². The van der Waals surface area contributed by atoms with E-state index >= 15 is 0 Å². The smallest absolute Gasteiger partial charge is 0.340 e. The molecule has 0 fully saturated rings. The first-order valence-electron chi connectivity index (χ1n) is 4.74. The van der Waals surface area contributed by atoms with E-state index in [2.05, 4.69) is 9.69 Å². The molecule has 2 N–H and O–H groups in total. The van der Waals surface area contributed by atoms with Gasteiger partial charge in [-0.2, -0.15) is 4.37 Å². The van der Waals surface area contributed by atoms with E-state index in [1.54, 1.807) is 27.7 Å². The molecule has 1 aromatic rings. The first kappa shape index (κ1) is 12.6. The number of carboxylic acids is 1. The molecule has 6 heteroatoms. The van der Waals surface area contributed by atoms with Crippen molar-refractivity contribution in [3.05, 3.63) is 11.3 Å². The van der Waals surface area contributed by atoms with Gasteiger partial charge in [-0.25, -0.2) is 4.79 Å². The highest BCUT2D eigenvalue weighted by molar-refractivity contribution is 7.11. The number of aryl methyl sites for hydroxylation is 1. The Balaban J connectivity index is 2.99. The summed E-state index contributed by atoms with van der Waals surface area (Å²) in [6, 6.07) is 0. The summed E-state index contributed by atoms with van der Waals surface area (Å²) in [5.74, 6) is -1.30. The maximum atomic E-state index is 11.7. The lowest BCUT2D eigenvalue weighted by atomic mass is 9.96. The van der Waals surface area contributed by atoms with Crippen molar-refractivity contribution in [3.63, 3.8) is 0 Å². The number of carboxylic acid groups (broad SMARTS) is 1. The number of aromatic nitrogens is 1. The molecule has 0 unspecified atom stereocenters. The zero-order valence-electron chi connectivity index (χ0n) is 9.62. The number of nitrogens with one attached hydrogen (secondary N) is 1. The van der Waals surface area contributed by atoms with Crippen molar-refractivity contribution in [1.29, 1.82) is 0 Å². The molecule has 16 heavy (non-hydrogen) atoms. The number of anilines is 1. The molecule has 88 valence electrons. The molecule has 0 radical (unpaired) electrons. The molecule has 1 heterocycles. The average molecular weight is 242 g/mol. The van der Waals surface area contributed by atoms with Gasteiger partial charge in [0.1, 0.15) is 10.6 Å². The van der Waals surface area contributed by atoms with Crippen LogP contribution >= 0.6 is 11.5 Å². The first-order valence-corrected chi connectivity index (χ1v) is 5.52. The van der Waals surface area contributed by atoms with Gasteiger partial charge in [0.25, 0.3) is 0 Å². The lowest BCUT2D eigenvalue weighted by Gasteiger charge is -2.16. The van der Waals surface area contributed by atoms with Crippen LogP contribution in [-0.2, 0) is 4.79 Å². The minimum atomic E-state index is -1.07. The fourth-order valence-corrected chi connectivity index (χ4v) is 1.78. The van der Waals surface area contributed by atoms with E-state index in [1.807, 2.05) is 0 Å². The third kappa shape index (κ3) is 2.57. The Hall–Kier alpha value is -1.43. The minimum Gasteiger partial charge on any atom is -0.478 e. The summed E-state index contributed by atoms with van der Waals surface area (Å²) in [7, 11) is 0. The highest BCUT2D eigenvalue weighted by Gasteiger charge is 2.25. The van der Waals surface area contributed by atoms with E-state index in [-0.39, 0.29) is 11.5 Å². The molecule has 0 aliphatic rings. The van der Waals surface area contributed by atoms with Crippen LogP contribution in [0.1, 0.15) is 36.8 Å². The molecule has 0 saturated carbocycles. The van der Waals surface area contributed by atoms with E-state index in [0.29, 0.717) is 10.7 Å². The Bertz CT molecular complexity index is 432. The Morgan fingerprint density at radius 3 is 2.38 bits per heavy atom. The fraction of sp³-hybridized carbons (Fsp3) is 0.500. The Morgan fingerprint density at radius 2 is 1.94 bits per heavy atom. The van der Waals surface area contributed by atoms with Gasteiger partial charge in [0.05, 0.1) is 5.69 Å². The van der Waals surface area contributed by atoms with Crippen molar-refractivity contribution in [2.24, 2.45) is 5.41 Å². The van der Waals surface area contributed by atoms with Crippen LogP contribution in [0.25, 0.3) is 0 Å². The molecular formula is C10H14N2O3S. The third-order valence-electron chi connectivity index (χ3n) is 1.98. The van der Waals surface area contributed by atoms with Gasteiger partial charge >= 0.3 is 5.97 Å². The van der Waals surface area contributed by atoms with E-state index in [4.69, 9.17) is 5.11 Å². The maximum Gasteiger partial charge on any atom is 0.340 e. The summed E-state index contributed by atoms with van der Waals surface area (Å²) in [5, 5.41) is 11.9. The second-order valence-electron chi connectivity index (χ2n) is 4.48. The number of carbonyl (C=O) groups is 2. The van der Waals surface area contributed by atoms with Crippen LogP contribution in [0.5, 0.6) is 0 Å². The number of hydrogen-bond donors (Lipinski definition) is 2. The Labute approximate surface area is 97.7 Å². The molecule has 0 atom stereocenters. The van der Waals surface area contributed by atoms with Gasteiger partial charge in [-0.05, 0) is 18.5 Å². The standard InChI is InChI=1S/C10H14N2O3S/c1-5-6(8(13)14)7(16-12-5)11-9(15)10(2,3)4/h1-4H3,(H,11,15)(H,13,14). The van der Waals surface area contributed by atoms with Gasteiger partial charge in [-0.1, -0.05) is 20.8 Å². The number of rotatable bonds is 2. The van der Waals surface area contributed by atoms with Crippen LogP contribution in [0.3, 0.4) is 0 Å². The van der Waals surface area contributed by atoms with Crippen LogP contribution in [0, 0.1) is 12.3 Å². The van der Waals surface area contributed by atoms with Crippen LogP contribution in [0.2, 0.25) is 0 Å². The minimum absolute atomic E-state index is 0.0719. The average Bonchev–Trinajstić information content (AvgIpc) is 2.45. The van der Waals surface area contributed by atoms with Gasteiger partial charge in [-0.15, -0.1) is 0 Å². The van der Waals surface area contributed by atoms with Crippen molar-refractivity contribution >= 4 is 28.4 Å². The molecule has 1 amide bonds. The second kappa shape index (κ2) is 4.21. The van der Waals surface area contributed by atoms with Crippen molar-refractivity contribution in [1.82, 2.24) is 4.37 Å². The maximum absolute atomic E-state index is 11.7. The largest absolute Gasteiger partial charge is 0.478 e. The highest BCUT2D eigenvalue weighted by Crippen LogP contribution is 2.26. The van der Waals surface area contributed by atoms with E-state index in [0.717, 1.165) is 11.5 Å². The van der Waals surface area contributed by atoms with Crippen LogP contribution < -0.4 is 5.32 Å². The highest BCUT2D eigenvalue weighted by atomic mass is 32.1. The normalized spacial score (nSPS) is 11.2. The number of carbonyl (C=O) groups excluding carboxylic acids is 1. The summed E-state index contributed by atoms with van der Waals surface area (Å²) in [6.07, 6.45) is 0. The summed E-state index contributed by atoms with van der Waals surface area (Å²) < 4.78 is 3.92. The number of amides is 1. The van der Waals surface area contributed by atoms with Gasteiger partial charge in [-0.3, -0.25) is 4.79 Å². The molecule has 0 saturated heterocycles. The van der Waals surface area contributed by atoms with E-state index < -0.39 is 11.4 Å². The molecule has 0 bridgehead atoms. The second-order valence-corrected chi connectivity index (χ2v) is 5.25. The van der Waals surface area contributed by atoms with Gasteiger partial charge in [0, 0.05) is 5.41 Å². The van der Waals surface area contributed by atoms with Gasteiger partial charge < -0.3 is 10.4 Å². The summed E-state index contributed by atoms with van der Waals surface area (Å²) in [6.45, 7) is 6.89. The Morgan fingerprint density at radius 1 is 1.38 bits per heavy atom. The van der Waals surface area contributed by atoms with Gasteiger partial charge in [0.2, 0.25) is 5.91 Å². The molecule has 0 spiro atoms. The quantitative estimate of drug-likeness (QED) is 0.832. The van der Waals surface area contributed by atoms with Crippen LogP contribution in [0.4, 0.5) is 5.00 Å². The monoisotopic (exact) mass is 242 g/mol. The summed E-state index contributed by atoms with van der Waals surface area (Å²) in [4.78, 5) is 22.6. The van der Waals surface area contributed by atoms with Gasteiger partial charge in [0.15, 0.2) is 0 Å².